The zero-order valence-corrected chi connectivity index (χ0v) is 14.0. The van der Waals surface area contributed by atoms with Gasteiger partial charge in [-0.15, -0.1) is 0 Å². The van der Waals surface area contributed by atoms with Gasteiger partial charge in [-0.1, -0.05) is 0 Å². The first-order chi connectivity index (χ1) is 10.9. The fraction of sp³-hybridized carbons (Fsp3) is 0.800. The van der Waals surface area contributed by atoms with Gasteiger partial charge in [0.2, 0.25) is 11.8 Å². The predicted molar refractivity (Wildman–Crippen MR) is 86.0 cm³/mol. The summed E-state index contributed by atoms with van der Waals surface area (Å²) in [7, 11) is 4.05. The van der Waals surface area contributed by atoms with E-state index in [4.69, 9.17) is 5.11 Å². The van der Waals surface area contributed by atoms with Crippen LogP contribution in [-0.4, -0.2) is 85.6 Å². The molecule has 0 aromatic heterocycles. The minimum absolute atomic E-state index is 0.0750. The summed E-state index contributed by atoms with van der Waals surface area (Å²) in [5.41, 5.74) is 0. The molecule has 2 amide bonds. The lowest BCUT2D eigenvalue weighted by Crippen LogP contribution is -2.44. The van der Waals surface area contributed by atoms with Crippen LogP contribution in [0.5, 0.6) is 0 Å². The molecular weight excluding hydrogens is 309 g/mol. The number of nitrogens with one attached hydrogen (secondary N) is 2. The largest absolute Gasteiger partial charge is 0.481 e. The maximum absolute atomic E-state index is 11.9. The lowest BCUT2D eigenvalue weighted by Gasteiger charge is -2.26. The third-order valence-electron chi connectivity index (χ3n) is 3.76. The van der Waals surface area contributed by atoms with E-state index in [-0.39, 0.29) is 37.7 Å². The van der Waals surface area contributed by atoms with E-state index in [1.807, 2.05) is 14.1 Å². The molecule has 0 aromatic rings. The number of likely N-dealkylation sites (tertiary alicyclic amines) is 1. The van der Waals surface area contributed by atoms with E-state index in [2.05, 4.69) is 20.4 Å². The zero-order chi connectivity index (χ0) is 17.2. The highest BCUT2D eigenvalue weighted by atomic mass is 16.5. The van der Waals surface area contributed by atoms with Crippen LogP contribution in [0.2, 0.25) is 0 Å². The molecule has 0 spiro atoms. The molecule has 132 valence electrons. The molecule has 8 nitrogen and oxygen atoms in total. The van der Waals surface area contributed by atoms with Crippen LogP contribution in [0.15, 0.2) is 0 Å². The maximum Gasteiger partial charge on any atom is 0.305 e. The molecule has 1 rings (SSSR count). The SMILES string of the molecule is C[15N](C)CC1CCCN1C[13C](=O)N[13CH2][13CH2][13C](=O)[15NH][13CH2][13CH2][13C](=O)O. The summed E-state index contributed by atoms with van der Waals surface area (Å²) in [5, 5.41) is 13.7. The van der Waals surface area contributed by atoms with E-state index >= 15 is 0 Å². The lowest BCUT2D eigenvalue weighted by atomic mass is 10.2. The molecule has 8 heteroatoms. The fourth-order valence-electron chi connectivity index (χ4n) is 2.68. The van der Waals surface area contributed by atoms with Crippen LogP contribution >= 0.6 is 0 Å². The Bertz CT molecular complexity index is 414. The Hall–Kier alpha value is -1.67. The second-order valence-electron chi connectivity index (χ2n) is 6.12. The molecule has 1 atom stereocenters. The summed E-state index contributed by atoms with van der Waals surface area (Å²) in [5.74, 6) is -1.27. The molecule has 1 fully saturated rings. The van der Waals surface area contributed by atoms with Gasteiger partial charge < -0.3 is 20.6 Å². The Labute approximate surface area is 137 Å². The van der Waals surface area contributed by atoms with Gasteiger partial charge in [0, 0.05) is 32.1 Å². The summed E-state index contributed by atoms with van der Waals surface area (Å²) in [6, 6.07) is 0.412. The highest BCUT2D eigenvalue weighted by Crippen LogP contribution is 2.16. The molecule has 3 N–H and O–H groups in total. The van der Waals surface area contributed by atoms with Crippen LogP contribution in [0.1, 0.15) is 25.7 Å². The summed E-state index contributed by atoms with van der Waals surface area (Å²) in [6.45, 7) is 2.62. The molecule has 1 unspecified atom stereocenters. The Morgan fingerprint density at radius 2 is 1.78 bits per heavy atom. The van der Waals surface area contributed by atoms with Crippen molar-refractivity contribution < 1.29 is 19.5 Å². The summed E-state index contributed by atoms with van der Waals surface area (Å²) in [4.78, 5) is 38.0. The van der Waals surface area contributed by atoms with Crippen molar-refractivity contribution in [3.05, 3.63) is 0 Å². The van der Waals surface area contributed by atoms with Crippen LogP contribution < -0.4 is 10.6 Å². The fourth-order valence-corrected chi connectivity index (χ4v) is 2.68. The average molecular weight is 337 g/mol. The molecule has 1 saturated heterocycles. The van der Waals surface area contributed by atoms with E-state index in [1.165, 1.54) is 0 Å². The van der Waals surface area contributed by atoms with Gasteiger partial charge in [-0.05, 0) is 33.5 Å². The van der Waals surface area contributed by atoms with Gasteiger partial charge in [0.05, 0.1) is 13.0 Å². The molecule has 0 radical (unpaired) electrons. The second-order valence-corrected chi connectivity index (χ2v) is 6.12. The van der Waals surface area contributed by atoms with Gasteiger partial charge >= 0.3 is 5.97 Å². The van der Waals surface area contributed by atoms with Gasteiger partial charge in [-0.25, -0.2) is 0 Å². The van der Waals surface area contributed by atoms with Crippen LogP contribution in [0.25, 0.3) is 0 Å². The van der Waals surface area contributed by atoms with Crippen molar-refractivity contribution in [3.63, 3.8) is 0 Å². The number of aliphatic carboxylic acids is 1. The Balaban J connectivity index is 2.16. The van der Waals surface area contributed by atoms with Crippen molar-refractivity contribution >= 4 is 17.8 Å². The van der Waals surface area contributed by atoms with Gasteiger partial charge in [0.15, 0.2) is 0 Å². The van der Waals surface area contributed by atoms with Crippen molar-refractivity contribution in [2.24, 2.45) is 0 Å². The number of nitrogens with zero attached hydrogens (tertiary/aromatic N) is 2. The van der Waals surface area contributed by atoms with Crippen molar-refractivity contribution in [1.82, 2.24) is 20.4 Å². The summed E-state index contributed by atoms with van der Waals surface area (Å²) >= 11 is 0. The summed E-state index contributed by atoms with van der Waals surface area (Å²) < 4.78 is 0. The van der Waals surface area contributed by atoms with Gasteiger partial charge in [-0.3, -0.25) is 19.3 Å². The van der Waals surface area contributed by atoms with Crippen LogP contribution in [0, 0.1) is 0 Å². The number of rotatable bonds is 10. The Morgan fingerprint density at radius 1 is 1.13 bits per heavy atom. The highest BCUT2D eigenvalue weighted by molar-refractivity contribution is 5.80. The van der Waals surface area contributed by atoms with Crippen LogP contribution in [0.4, 0.5) is 0 Å². The number of hydrogen-bond acceptors (Lipinski definition) is 5. The first kappa shape index (κ1) is 19.4. The number of carboxylic acids is 1. The van der Waals surface area contributed by atoms with Crippen molar-refractivity contribution in [3.8, 4) is 0 Å². The minimum Gasteiger partial charge on any atom is -0.481 e. The third kappa shape index (κ3) is 8.51. The van der Waals surface area contributed by atoms with Crippen LogP contribution in [-0.2, 0) is 14.4 Å². The number of carboxylic acid groups (broad SMARTS) is 1. The highest BCUT2D eigenvalue weighted by Gasteiger charge is 2.26. The van der Waals surface area contributed by atoms with Crippen molar-refractivity contribution in [1.29, 1.82) is 0 Å². The van der Waals surface area contributed by atoms with E-state index < -0.39 is 5.97 Å². The second kappa shape index (κ2) is 10.2. The molecule has 23 heavy (non-hydrogen) atoms. The van der Waals surface area contributed by atoms with Gasteiger partial charge in [0.1, 0.15) is 0 Å². The first-order valence-electron chi connectivity index (χ1n) is 8.02. The number of carbonyl (C=O) groups excluding carboxylic acids is 2. The normalized spacial score (nSPS) is 18.1. The van der Waals surface area contributed by atoms with E-state index in [1.54, 1.807) is 0 Å². The molecule has 0 aromatic carbocycles. The molecule has 1 aliphatic rings. The number of amides is 2. The molecule has 1 heterocycles. The molecular formula is C15H28N4O4. The predicted octanol–water partition coefficient (Wildman–Crippen LogP) is -0.890. The Kier molecular flexibility index (Phi) is 8.57. The monoisotopic (exact) mass is 337 g/mol. The molecule has 1 aliphatic heterocycles. The first-order valence-corrected chi connectivity index (χ1v) is 8.02. The minimum atomic E-state index is -0.948. The number of likely N-dealkylation sites (N-methyl/N-ethyl adjacent to an activating group) is 1. The smallest absolute Gasteiger partial charge is 0.305 e. The average Bonchev–Trinajstić information content (AvgIpc) is 2.84. The molecule has 0 aliphatic carbocycles. The zero-order valence-electron chi connectivity index (χ0n) is 14.0. The standard InChI is InChI=1S/C15H28N4O4/c1-18(2)10-12-4-3-9-19(12)11-14(21)17-7-5-13(20)16-8-6-15(22)23/h12H,3-11H2,1-2H3,(H,16,20)(H,17,21)(H,22,23)/i5+1,6+1,7+1,8+1,13+1,14+1,15+1,16+1,18+1. The number of carbonyl (C=O) groups is 3. The number of hydrogen-bond donors (Lipinski definition) is 3. The van der Waals surface area contributed by atoms with Gasteiger partial charge in [0.25, 0.3) is 0 Å². The van der Waals surface area contributed by atoms with E-state index in [0.717, 1.165) is 25.9 Å². The third-order valence-corrected chi connectivity index (χ3v) is 3.76. The van der Waals surface area contributed by atoms with Crippen molar-refractivity contribution in [2.45, 2.75) is 31.7 Å². The molecule has 0 bridgehead atoms. The lowest BCUT2D eigenvalue weighted by molar-refractivity contribution is -0.137. The Morgan fingerprint density at radius 3 is 2.43 bits per heavy atom. The summed E-state index contributed by atoms with van der Waals surface area (Å²) in [6.07, 6.45) is 2.28. The quantitative estimate of drug-likeness (QED) is 0.353. The van der Waals surface area contributed by atoms with Crippen molar-refractivity contribution in [2.75, 3.05) is 46.8 Å². The van der Waals surface area contributed by atoms with Gasteiger partial charge in [-0.2, -0.15) is 0 Å². The van der Waals surface area contributed by atoms with E-state index in [0.29, 0.717) is 12.6 Å². The van der Waals surface area contributed by atoms with E-state index in [9.17, 15) is 14.4 Å². The van der Waals surface area contributed by atoms with Crippen LogP contribution in [0.3, 0.4) is 0 Å². The maximum atomic E-state index is 11.9. The topological polar surface area (TPSA) is 102 Å². The molecule has 0 saturated carbocycles.